The molecule has 0 saturated carbocycles. The molecule has 0 atom stereocenters. The number of aliphatic hydroxyl groups is 1. The van der Waals surface area contributed by atoms with Crippen LogP contribution in [0.15, 0.2) is 42.6 Å². The van der Waals surface area contributed by atoms with Gasteiger partial charge < -0.3 is 15.2 Å². The molecule has 2 aromatic rings. The highest BCUT2D eigenvalue weighted by Gasteiger charge is 1.97. The number of methoxy groups -OCH3 is 1. The molecule has 1 aromatic carbocycles. The zero-order valence-corrected chi connectivity index (χ0v) is 11.0. The van der Waals surface area contributed by atoms with Crippen molar-refractivity contribution in [2.75, 3.05) is 19.0 Å². The Hall–Kier alpha value is -2.07. The van der Waals surface area contributed by atoms with Gasteiger partial charge in [-0.2, -0.15) is 0 Å². The van der Waals surface area contributed by atoms with E-state index in [2.05, 4.69) is 10.3 Å². The van der Waals surface area contributed by atoms with Crippen LogP contribution in [0.1, 0.15) is 11.1 Å². The molecule has 0 bridgehead atoms. The predicted octanol–water partition coefficient (Wildman–Crippen LogP) is 2.24. The molecule has 0 aliphatic rings. The lowest BCUT2D eigenvalue weighted by atomic mass is 10.1. The highest BCUT2D eigenvalue weighted by atomic mass is 16.5. The van der Waals surface area contributed by atoms with Gasteiger partial charge >= 0.3 is 0 Å². The molecule has 1 aromatic heterocycles. The minimum atomic E-state index is 0.185. The molecule has 2 rings (SSSR count). The van der Waals surface area contributed by atoms with Crippen molar-refractivity contribution in [3.63, 3.8) is 0 Å². The van der Waals surface area contributed by atoms with E-state index in [0.717, 1.165) is 23.4 Å². The summed E-state index contributed by atoms with van der Waals surface area (Å²) in [4.78, 5) is 4.16. The fraction of sp³-hybridized carbons (Fsp3) is 0.267. The first-order valence-corrected chi connectivity index (χ1v) is 6.24. The number of benzene rings is 1. The molecule has 1 heterocycles. The number of ether oxygens (including phenoxy) is 1. The quantitative estimate of drug-likeness (QED) is 0.834. The van der Waals surface area contributed by atoms with Crippen LogP contribution < -0.4 is 10.1 Å². The smallest absolute Gasteiger partial charge is 0.212 e. The Bertz CT molecular complexity index is 495. The molecule has 0 spiro atoms. The Morgan fingerprint density at radius 1 is 1.11 bits per heavy atom. The Labute approximate surface area is 113 Å². The van der Waals surface area contributed by atoms with Gasteiger partial charge in [-0.3, -0.25) is 0 Å². The molecule has 19 heavy (non-hydrogen) atoms. The van der Waals surface area contributed by atoms with Crippen molar-refractivity contribution >= 4 is 5.69 Å². The van der Waals surface area contributed by atoms with Gasteiger partial charge in [-0.05, 0) is 29.7 Å². The average molecular weight is 258 g/mol. The van der Waals surface area contributed by atoms with Crippen LogP contribution in [0.5, 0.6) is 5.88 Å². The van der Waals surface area contributed by atoms with Gasteiger partial charge in [0.1, 0.15) is 0 Å². The number of pyridine rings is 1. The van der Waals surface area contributed by atoms with E-state index in [9.17, 15) is 0 Å². The van der Waals surface area contributed by atoms with Gasteiger partial charge in [-0.1, -0.05) is 18.2 Å². The van der Waals surface area contributed by atoms with Crippen LogP contribution in [0.3, 0.4) is 0 Å². The SMILES string of the molecule is COc1ccc(CNc2ccc(CCO)cc2)cn1. The molecule has 0 amide bonds. The Balaban J connectivity index is 1.90. The van der Waals surface area contributed by atoms with Gasteiger partial charge in [0.15, 0.2) is 0 Å². The first-order chi connectivity index (χ1) is 9.31. The number of nitrogens with zero attached hydrogens (tertiary/aromatic N) is 1. The lowest BCUT2D eigenvalue weighted by Gasteiger charge is -2.07. The summed E-state index contributed by atoms with van der Waals surface area (Å²) in [5.41, 5.74) is 3.29. The maximum absolute atomic E-state index is 8.85. The lowest BCUT2D eigenvalue weighted by molar-refractivity contribution is 0.299. The summed E-state index contributed by atoms with van der Waals surface area (Å²) < 4.78 is 5.02. The molecule has 0 saturated heterocycles. The zero-order chi connectivity index (χ0) is 13.5. The minimum Gasteiger partial charge on any atom is -0.481 e. The van der Waals surface area contributed by atoms with Crippen LogP contribution in [0.2, 0.25) is 0 Å². The summed E-state index contributed by atoms with van der Waals surface area (Å²) in [5.74, 6) is 0.622. The highest BCUT2D eigenvalue weighted by molar-refractivity contribution is 5.45. The highest BCUT2D eigenvalue weighted by Crippen LogP contribution is 2.12. The Morgan fingerprint density at radius 2 is 1.84 bits per heavy atom. The van der Waals surface area contributed by atoms with Crippen molar-refractivity contribution in [2.24, 2.45) is 0 Å². The van der Waals surface area contributed by atoms with E-state index in [1.54, 1.807) is 13.3 Å². The summed E-state index contributed by atoms with van der Waals surface area (Å²) in [6.07, 6.45) is 2.49. The number of aliphatic hydroxyl groups excluding tert-OH is 1. The second-order valence-corrected chi connectivity index (χ2v) is 4.23. The molecule has 0 unspecified atom stereocenters. The normalized spacial score (nSPS) is 10.2. The van der Waals surface area contributed by atoms with Gasteiger partial charge in [-0.25, -0.2) is 4.98 Å². The third kappa shape index (κ3) is 3.96. The van der Waals surface area contributed by atoms with Crippen molar-refractivity contribution in [1.82, 2.24) is 4.98 Å². The van der Waals surface area contributed by atoms with E-state index in [1.165, 1.54) is 0 Å². The van der Waals surface area contributed by atoms with E-state index < -0.39 is 0 Å². The van der Waals surface area contributed by atoms with E-state index >= 15 is 0 Å². The molecule has 0 fully saturated rings. The Morgan fingerprint density at radius 3 is 2.42 bits per heavy atom. The summed E-state index contributed by atoms with van der Waals surface area (Å²) in [7, 11) is 1.61. The predicted molar refractivity (Wildman–Crippen MR) is 75.3 cm³/mol. The standard InChI is InChI=1S/C15H18N2O2/c1-19-15-7-4-13(11-17-15)10-16-14-5-2-12(3-6-14)8-9-18/h2-7,11,16,18H,8-10H2,1H3. The molecule has 2 N–H and O–H groups in total. The summed E-state index contributed by atoms with van der Waals surface area (Å²) in [5, 5.41) is 12.2. The van der Waals surface area contributed by atoms with Gasteiger partial charge in [0, 0.05) is 31.1 Å². The molecule has 0 aliphatic heterocycles. The van der Waals surface area contributed by atoms with E-state index in [4.69, 9.17) is 9.84 Å². The van der Waals surface area contributed by atoms with Crippen LogP contribution >= 0.6 is 0 Å². The first-order valence-electron chi connectivity index (χ1n) is 6.24. The molecule has 4 heteroatoms. The Kier molecular flexibility index (Phi) is 4.75. The molecular weight excluding hydrogens is 240 g/mol. The van der Waals surface area contributed by atoms with E-state index in [-0.39, 0.29) is 6.61 Å². The fourth-order valence-corrected chi connectivity index (χ4v) is 1.76. The van der Waals surface area contributed by atoms with Crippen molar-refractivity contribution in [3.8, 4) is 5.88 Å². The number of nitrogens with one attached hydrogen (secondary N) is 1. The molecule has 0 radical (unpaired) electrons. The molecule has 100 valence electrons. The molecule has 0 aliphatic carbocycles. The third-order valence-electron chi connectivity index (χ3n) is 2.86. The van der Waals surface area contributed by atoms with Gasteiger partial charge in [0.05, 0.1) is 7.11 Å². The van der Waals surface area contributed by atoms with Gasteiger partial charge in [-0.15, -0.1) is 0 Å². The van der Waals surface area contributed by atoms with Crippen LogP contribution in [0, 0.1) is 0 Å². The van der Waals surface area contributed by atoms with Crippen molar-refractivity contribution in [1.29, 1.82) is 0 Å². The molecular formula is C15H18N2O2. The summed E-state index contributed by atoms with van der Waals surface area (Å²) in [6, 6.07) is 11.9. The monoisotopic (exact) mass is 258 g/mol. The van der Waals surface area contributed by atoms with Crippen molar-refractivity contribution in [3.05, 3.63) is 53.7 Å². The largest absolute Gasteiger partial charge is 0.481 e. The van der Waals surface area contributed by atoms with E-state index in [0.29, 0.717) is 12.3 Å². The van der Waals surface area contributed by atoms with Crippen molar-refractivity contribution in [2.45, 2.75) is 13.0 Å². The van der Waals surface area contributed by atoms with Gasteiger partial charge in [0.25, 0.3) is 0 Å². The maximum atomic E-state index is 8.85. The van der Waals surface area contributed by atoms with Crippen LogP contribution in [-0.2, 0) is 13.0 Å². The number of hydrogen-bond donors (Lipinski definition) is 2. The second kappa shape index (κ2) is 6.75. The van der Waals surface area contributed by atoms with Crippen molar-refractivity contribution < 1.29 is 9.84 Å². The van der Waals surface area contributed by atoms with Crippen LogP contribution in [-0.4, -0.2) is 23.8 Å². The number of rotatable bonds is 6. The number of anilines is 1. The summed E-state index contributed by atoms with van der Waals surface area (Å²) >= 11 is 0. The fourth-order valence-electron chi connectivity index (χ4n) is 1.76. The van der Waals surface area contributed by atoms with Gasteiger partial charge in [0.2, 0.25) is 5.88 Å². The van der Waals surface area contributed by atoms with Crippen LogP contribution in [0.4, 0.5) is 5.69 Å². The topological polar surface area (TPSA) is 54.4 Å². The third-order valence-corrected chi connectivity index (χ3v) is 2.86. The van der Waals surface area contributed by atoms with E-state index in [1.807, 2.05) is 36.4 Å². The average Bonchev–Trinajstić information content (AvgIpc) is 2.47. The minimum absolute atomic E-state index is 0.185. The maximum Gasteiger partial charge on any atom is 0.212 e. The summed E-state index contributed by atoms with van der Waals surface area (Å²) in [6.45, 7) is 0.903. The zero-order valence-electron chi connectivity index (χ0n) is 11.0. The lowest BCUT2D eigenvalue weighted by Crippen LogP contribution is -2.00. The number of aromatic nitrogens is 1. The number of hydrogen-bond acceptors (Lipinski definition) is 4. The van der Waals surface area contributed by atoms with Crippen LogP contribution in [0.25, 0.3) is 0 Å². The molecule has 4 nitrogen and oxygen atoms in total. The first kappa shape index (κ1) is 13.4. The second-order valence-electron chi connectivity index (χ2n) is 4.23.